The van der Waals surface area contributed by atoms with Crippen LogP contribution in [0.25, 0.3) is 0 Å². The van der Waals surface area contributed by atoms with Crippen molar-refractivity contribution in [1.29, 1.82) is 5.26 Å². The van der Waals surface area contributed by atoms with Gasteiger partial charge in [-0.1, -0.05) is 12.1 Å². The second-order valence-corrected chi connectivity index (χ2v) is 2.71. The van der Waals surface area contributed by atoms with Gasteiger partial charge < -0.3 is 10.1 Å². The van der Waals surface area contributed by atoms with E-state index in [2.05, 4.69) is 5.32 Å². The molecular weight excluding hydrogens is 180 g/mol. The average Bonchev–Trinajstić information content (AvgIpc) is 2.36. The van der Waals surface area contributed by atoms with Crippen molar-refractivity contribution in [2.24, 2.45) is 0 Å². The minimum atomic E-state index is -0.447. The van der Waals surface area contributed by atoms with Gasteiger partial charge in [0.05, 0.1) is 5.69 Å². The molecule has 0 radical (unpaired) electrons. The van der Waals surface area contributed by atoms with E-state index in [1.807, 2.05) is 0 Å². The molecule has 2 rings (SSSR count). The van der Waals surface area contributed by atoms with Crippen LogP contribution >= 0.6 is 0 Å². The Hall–Kier alpha value is -2.28. The first kappa shape index (κ1) is 8.32. The summed E-state index contributed by atoms with van der Waals surface area (Å²) in [6.45, 7) is 0. The Balaban J connectivity index is 2.44. The molecule has 0 saturated carbocycles. The molecule has 68 valence electrons. The first-order valence-electron chi connectivity index (χ1n) is 3.98. The van der Waals surface area contributed by atoms with Gasteiger partial charge in [0, 0.05) is 0 Å². The van der Waals surface area contributed by atoms with E-state index in [4.69, 9.17) is 10.00 Å². The first-order chi connectivity index (χ1) is 6.81. The normalized spacial score (nSPS) is 13.9. The zero-order valence-electron chi connectivity index (χ0n) is 7.15. The summed E-state index contributed by atoms with van der Waals surface area (Å²) >= 11 is 0. The molecule has 1 N–H and O–H groups in total. The maximum atomic E-state index is 11.3. The monoisotopic (exact) mass is 186 g/mol. The van der Waals surface area contributed by atoms with Gasteiger partial charge >= 0.3 is 0 Å². The highest BCUT2D eigenvalue weighted by Gasteiger charge is 2.16. The highest BCUT2D eigenvalue weighted by atomic mass is 16.5. The Morgan fingerprint density at radius 2 is 2.14 bits per heavy atom. The predicted molar refractivity (Wildman–Crippen MR) is 49.4 cm³/mol. The highest BCUT2D eigenvalue weighted by molar-refractivity contribution is 6.07. The number of amides is 1. The number of nitrogens with one attached hydrogen (secondary N) is 1. The molecule has 1 aromatic carbocycles. The lowest BCUT2D eigenvalue weighted by atomic mass is 10.2. The van der Waals surface area contributed by atoms with Gasteiger partial charge in [-0.3, -0.25) is 4.79 Å². The van der Waals surface area contributed by atoms with Crippen molar-refractivity contribution in [3.8, 4) is 11.8 Å². The maximum Gasteiger partial charge on any atom is 0.269 e. The molecule has 0 atom stereocenters. The highest BCUT2D eigenvalue weighted by Crippen LogP contribution is 2.26. The Morgan fingerprint density at radius 3 is 2.93 bits per heavy atom. The van der Waals surface area contributed by atoms with Crippen LogP contribution in [0.1, 0.15) is 0 Å². The molecule has 0 spiro atoms. The third-order valence-corrected chi connectivity index (χ3v) is 1.80. The minimum Gasteiger partial charge on any atom is -0.461 e. The fourth-order valence-electron chi connectivity index (χ4n) is 1.12. The number of hydrogen-bond donors (Lipinski definition) is 1. The molecule has 0 saturated heterocycles. The van der Waals surface area contributed by atoms with Crippen molar-refractivity contribution in [3.63, 3.8) is 0 Å². The summed E-state index contributed by atoms with van der Waals surface area (Å²) in [5.74, 6) is 0.0866. The number of nitriles is 1. The third-order valence-electron chi connectivity index (χ3n) is 1.80. The van der Waals surface area contributed by atoms with Crippen molar-refractivity contribution in [2.75, 3.05) is 5.32 Å². The van der Waals surface area contributed by atoms with E-state index in [1.165, 1.54) is 0 Å². The summed E-state index contributed by atoms with van der Waals surface area (Å²) in [6.07, 6.45) is 1.15. The molecular formula is C10H6N2O2. The van der Waals surface area contributed by atoms with E-state index in [9.17, 15) is 4.79 Å². The SMILES string of the molecule is N#CC1=COc2ccccc2NC1=O. The number of hydrogen-bond acceptors (Lipinski definition) is 3. The van der Waals surface area contributed by atoms with Crippen LogP contribution in [0, 0.1) is 11.3 Å². The van der Waals surface area contributed by atoms with Gasteiger partial charge in [-0.05, 0) is 12.1 Å². The summed E-state index contributed by atoms with van der Waals surface area (Å²) in [5.41, 5.74) is 0.528. The van der Waals surface area contributed by atoms with E-state index in [0.717, 1.165) is 6.26 Å². The van der Waals surface area contributed by atoms with Crippen molar-refractivity contribution >= 4 is 11.6 Å². The fraction of sp³-hybridized carbons (Fsp3) is 0. The van der Waals surface area contributed by atoms with E-state index >= 15 is 0 Å². The number of carbonyl (C=O) groups is 1. The van der Waals surface area contributed by atoms with Crippen LogP contribution in [0.15, 0.2) is 36.1 Å². The van der Waals surface area contributed by atoms with Gasteiger partial charge in [-0.25, -0.2) is 0 Å². The Labute approximate surface area is 80.4 Å². The zero-order valence-corrected chi connectivity index (χ0v) is 7.15. The van der Waals surface area contributed by atoms with Gasteiger partial charge in [-0.15, -0.1) is 0 Å². The minimum absolute atomic E-state index is 0.0406. The Bertz CT molecular complexity index is 457. The lowest BCUT2D eigenvalue weighted by molar-refractivity contribution is -0.112. The second kappa shape index (κ2) is 3.23. The molecule has 0 fully saturated rings. The molecule has 1 aliphatic rings. The molecule has 0 aliphatic carbocycles. The Morgan fingerprint density at radius 1 is 1.36 bits per heavy atom. The summed E-state index contributed by atoms with van der Waals surface area (Å²) < 4.78 is 5.15. The number of ether oxygens (including phenoxy) is 1. The number of benzene rings is 1. The van der Waals surface area contributed by atoms with Gasteiger partial charge in [0.2, 0.25) is 0 Å². The van der Waals surface area contributed by atoms with Crippen LogP contribution in [0.3, 0.4) is 0 Å². The summed E-state index contributed by atoms with van der Waals surface area (Å²) in [6, 6.07) is 8.74. The van der Waals surface area contributed by atoms with Crippen LogP contribution in [0.4, 0.5) is 5.69 Å². The van der Waals surface area contributed by atoms with Gasteiger partial charge in [0.1, 0.15) is 18.1 Å². The number of fused-ring (bicyclic) bond motifs is 1. The van der Waals surface area contributed by atoms with Gasteiger partial charge in [-0.2, -0.15) is 5.26 Å². The zero-order chi connectivity index (χ0) is 9.97. The van der Waals surface area contributed by atoms with Crippen LogP contribution in [-0.2, 0) is 4.79 Å². The second-order valence-electron chi connectivity index (χ2n) is 2.71. The Kier molecular flexibility index (Phi) is 1.92. The molecule has 1 heterocycles. The fourth-order valence-corrected chi connectivity index (χ4v) is 1.12. The molecule has 0 unspecified atom stereocenters. The molecule has 14 heavy (non-hydrogen) atoms. The molecule has 4 nitrogen and oxygen atoms in total. The number of anilines is 1. The van der Waals surface area contributed by atoms with Crippen molar-refractivity contribution < 1.29 is 9.53 Å². The van der Waals surface area contributed by atoms with Crippen LogP contribution in [-0.4, -0.2) is 5.91 Å². The van der Waals surface area contributed by atoms with E-state index in [0.29, 0.717) is 11.4 Å². The molecule has 1 amide bonds. The largest absolute Gasteiger partial charge is 0.461 e. The summed E-state index contributed by atoms with van der Waals surface area (Å²) in [7, 11) is 0. The van der Waals surface area contributed by atoms with E-state index in [1.54, 1.807) is 30.3 Å². The quantitative estimate of drug-likeness (QED) is 0.666. The average molecular weight is 186 g/mol. The number of nitrogens with zero attached hydrogens (tertiary/aromatic N) is 1. The van der Waals surface area contributed by atoms with E-state index < -0.39 is 5.91 Å². The number of rotatable bonds is 0. The lowest BCUT2D eigenvalue weighted by Crippen LogP contribution is -2.11. The van der Waals surface area contributed by atoms with Crippen LogP contribution in [0.2, 0.25) is 0 Å². The molecule has 1 aromatic rings. The van der Waals surface area contributed by atoms with Crippen molar-refractivity contribution in [2.45, 2.75) is 0 Å². The van der Waals surface area contributed by atoms with Crippen molar-refractivity contribution in [1.82, 2.24) is 0 Å². The van der Waals surface area contributed by atoms with Gasteiger partial charge in [0.25, 0.3) is 5.91 Å². The van der Waals surface area contributed by atoms with Crippen LogP contribution in [0.5, 0.6) is 5.75 Å². The summed E-state index contributed by atoms with van der Waals surface area (Å²) in [4.78, 5) is 11.3. The van der Waals surface area contributed by atoms with Gasteiger partial charge in [0.15, 0.2) is 5.57 Å². The van der Waals surface area contributed by atoms with Crippen molar-refractivity contribution in [3.05, 3.63) is 36.1 Å². The standard InChI is InChI=1S/C10H6N2O2/c11-5-7-6-14-9-4-2-1-3-8(9)12-10(7)13/h1-4,6H,(H,12,13). The third kappa shape index (κ3) is 1.31. The first-order valence-corrected chi connectivity index (χ1v) is 3.98. The van der Waals surface area contributed by atoms with Crippen LogP contribution < -0.4 is 10.1 Å². The lowest BCUT2D eigenvalue weighted by Gasteiger charge is -2.03. The molecule has 0 bridgehead atoms. The maximum absolute atomic E-state index is 11.3. The molecule has 4 heteroatoms. The number of para-hydroxylation sites is 2. The molecule has 1 aliphatic heterocycles. The van der Waals surface area contributed by atoms with E-state index in [-0.39, 0.29) is 5.57 Å². The molecule has 0 aromatic heterocycles. The predicted octanol–water partition coefficient (Wildman–Crippen LogP) is 1.42. The smallest absolute Gasteiger partial charge is 0.269 e. The summed E-state index contributed by atoms with van der Waals surface area (Å²) in [5, 5.41) is 11.2. The number of carbonyl (C=O) groups excluding carboxylic acids is 1. The topological polar surface area (TPSA) is 62.1 Å².